The van der Waals surface area contributed by atoms with E-state index in [0.29, 0.717) is 5.92 Å². The molecule has 0 radical (unpaired) electrons. The van der Waals surface area contributed by atoms with Crippen molar-refractivity contribution in [1.29, 1.82) is 0 Å². The van der Waals surface area contributed by atoms with E-state index in [1.165, 1.54) is 56.2 Å². The van der Waals surface area contributed by atoms with E-state index in [4.69, 9.17) is 11.6 Å². The van der Waals surface area contributed by atoms with Gasteiger partial charge in [-0.2, -0.15) is 0 Å². The Hall–Kier alpha value is -0.560. The molecule has 100 valence electrons. The van der Waals surface area contributed by atoms with E-state index in [-0.39, 0.29) is 5.38 Å². The maximum Gasteiger partial charge on any atom is 0.0447 e. The van der Waals surface area contributed by atoms with Crippen LogP contribution in [0, 0.1) is 12.8 Å². The molecule has 1 fully saturated rings. The second-order valence-corrected chi connectivity index (χ2v) is 6.15. The molecule has 0 aromatic carbocycles. The van der Waals surface area contributed by atoms with Gasteiger partial charge in [-0.25, -0.2) is 0 Å². The molecule has 1 aliphatic rings. The molecule has 2 heteroatoms. The molecule has 1 aromatic rings. The molecule has 0 N–H and O–H groups in total. The van der Waals surface area contributed by atoms with Gasteiger partial charge < -0.3 is 0 Å². The number of aromatic nitrogens is 1. The van der Waals surface area contributed by atoms with Crippen molar-refractivity contribution in [3.05, 3.63) is 29.6 Å². The summed E-state index contributed by atoms with van der Waals surface area (Å²) in [4.78, 5) is 4.47. The van der Waals surface area contributed by atoms with Crippen molar-refractivity contribution in [2.75, 3.05) is 0 Å². The minimum Gasteiger partial charge on any atom is -0.261 e. The lowest BCUT2D eigenvalue weighted by Crippen LogP contribution is -2.19. The maximum absolute atomic E-state index is 6.65. The first-order valence-electron chi connectivity index (χ1n) is 7.32. The average molecular weight is 266 g/mol. The highest BCUT2D eigenvalue weighted by Gasteiger charge is 2.21. The molecule has 0 spiro atoms. The summed E-state index contributed by atoms with van der Waals surface area (Å²) in [5, 5.41) is 0.261. The van der Waals surface area contributed by atoms with Crippen LogP contribution in [0.2, 0.25) is 0 Å². The molecular formula is C16H24ClN. The van der Waals surface area contributed by atoms with E-state index in [2.05, 4.69) is 18.0 Å². The van der Waals surface area contributed by atoms with Gasteiger partial charge in [-0.1, -0.05) is 38.2 Å². The van der Waals surface area contributed by atoms with Crippen molar-refractivity contribution in [2.45, 2.75) is 63.7 Å². The Balaban J connectivity index is 1.93. The summed E-state index contributed by atoms with van der Waals surface area (Å²) in [7, 11) is 0. The van der Waals surface area contributed by atoms with E-state index in [1.54, 1.807) is 0 Å². The third-order valence-corrected chi connectivity index (χ3v) is 4.68. The van der Waals surface area contributed by atoms with Crippen LogP contribution in [0.15, 0.2) is 18.3 Å². The summed E-state index contributed by atoms with van der Waals surface area (Å²) in [6, 6.07) is 4.13. The molecular weight excluding hydrogens is 242 g/mol. The topological polar surface area (TPSA) is 12.9 Å². The quantitative estimate of drug-likeness (QED) is 0.709. The van der Waals surface area contributed by atoms with Crippen LogP contribution in [0.3, 0.4) is 0 Å². The van der Waals surface area contributed by atoms with Crippen molar-refractivity contribution in [3.63, 3.8) is 0 Å². The highest BCUT2D eigenvalue weighted by Crippen LogP contribution is 2.29. The van der Waals surface area contributed by atoms with Gasteiger partial charge in [-0.15, -0.1) is 11.6 Å². The van der Waals surface area contributed by atoms with Crippen LogP contribution >= 0.6 is 11.6 Å². The number of aryl methyl sites for hydroxylation is 1. The van der Waals surface area contributed by atoms with E-state index in [1.807, 2.05) is 12.3 Å². The predicted octanol–water partition coefficient (Wildman–Crippen LogP) is 4.90. The molecule has 0 saturated heterocycles. The van der Waals surface area contributed by atoms with Crippen molar-refractivity contribution in [3.8, 4) is 0 Å². The van der Waals surface area contributed by atoms with Gasteiger partial charge in [-0.3, -0.25) is 4.98 Å². The number of hydrogen-bond donors (Lipinski definition) is 0. The van der Waals surface area contributed by atoms with E-state index >= 15 is 0 Å². The lowest BCUT2D eigenvalue weighted by Gasteiger charge is -2.24. The minimum absolute atomic E-state index is 0.261. The molecule has 1 unspecified atom stereocenters. The molecule has 0 amide bonds. The van der Waals surface area contributed by atoms with Crippen LogP contribution < -0.4 is 0 Å². The molecule has 18 heavy (non-hydrogen) atoms. The smallest absolute Gasteiger partial charge is 0.0447 e. The number of pyridine rings is 1. The van der Waals surface area contributed by atoms with E-state index < -0.39 is 0 Å². The Morgan fingerprint density at radius 1 is 1.22 bits per heavy atom. The van der Waals surface area contributed by atoms with Gasteiger partial charge in [0.25, 0.3) is 0 Å². The number of alkyl halides is 1. The monoisotopic (exact) mass is 265 g/mol. The third kappa shape index (κ3) is 3.98. The third-order valence-electron chi connectivity index (χ3n) is 4.17. The van der Waals surface area contributed by atoms with Crippen molar-refractivity contribution < 1.29 is 0 Å². The number of hydrogen-bond acceptors (Lipinski definition) is 1. The fraction of sp³-hybridized carbons (Fsp3) is 0.688. The standard InChI is InChI=1S/C16H24ClN/c1-13-8-7-11-18-16(13)12-15(17)14-9-5-3-2-4-6-10-14/h7-8,11,14-15H,2-6,9-10,12H2,1H3. The Labute approximate surface area is 116 Å². The van der Waals surface area contributed by atoms with Crippen LogP contribution in [0.1, 0.15) is 56.2 Å². The highest BCUT2D eigenvalue weighted by molar-refractivity contribution is 6.20. The summed E-state index contributed by atoms with van der Waals surface area (Å²) in [6.45, 7) is 2.13. The molecule has 1 heterocycles. The number of nitrogens with zero attached hydrogens (tertiary/aromatic N) is 1. The van der Waals surface area contributed by atoms with Crippen LogP contribution in [0.5, 0.6) is 0 Å². The predicted molar refractivity (Wildman–Crippen MR) is 78.1 cm³/mol. The SMILES string of the molecule is Cc1cccnc1CC(Cl)C1CCCCCCC1. The summed E-state index contributed by atoms with van der Waals surface area (Å²) in [6.07, 6.45) is 12.3. The summed E-state index contributed by atoms with van der Waals surface area (Å²) >= 11 is 6.65. The van der Waals surface area contributed by atoms with E-state index in [0.717, 1.165) is 6.42 Å². The summed E-state index contributed by atoms with van der Waals surface area (Å²) in [5.74, 6) is 0.688. The lowest BCUT2D eigenvalue weighted by atomic mass is 9.87. The van der Waals surface area contributed by atoms with Crippen molar-refractivity contribution >= 4 is 11.6 Å². The van der Waals surface area contributed by atoms with Crippen LogP contribution in [0.25, 0.3) is 0 Å². The fourth-order valence-corrected chi connectivity index (χ4v) is 3.33. The van der Waals surface area contributed by atoms with Gasteiger partial charge in [0.1, 0.15) is 0 Å². The first-order valence-corrected chi connectivity index (χ1v) is 7.75. The normalized spacial score (nSPS) is 20.1. The molecule has 2 rings (SSSR count). The van der Waals surface area contributed by atoms with E-state index in [9.17, 15) is 0 Å². The van der Waals surface area contributed by atoms with Crippen molar-refractivity contribution in [2.24, 2.45) is 5.92 Å². The molecule has 0 bridgehead atoms. The van der Waals surface area contributed by atoms with Crippen LogP contribution in [0.4, 0.5) is 0 Å². The van der Waals surface area contributed by atoms with Gasteiger partial charge in [0, 0.05) is 23.7 Å². The molecule has 1 atom stereocenters. The zero-order valence-corrected chi connectivity index (χ0v) is 12.1. The maximum atomic E-state index is 6.65. The molecule has 1 nitrogen and oxygen atoms in total. The van der Waals surface area contributed by atoms with Crippen molar-refractivity contribution in [1.82, 2.24) is 4.98 Å². The zero-order valence-electron chi connectivity index (χ0n) is 11.4. The van der Waals surface area contributed by atoms with Gasteiger partial charge in [0.15, 0.2) is 0 Å². The Morgan fingerprint density at radius 3 is 2.56 bits per heavy atom. The van der Waals surface area contributed by atoms with Crippen LogP contribution in [-0.2, 0) is 6.42 Å². The Morgan fingerprint density at radius 2 is 1.89 bits per heavy atom. The van der Waals surface area contributed by atoms with Gasteiger partial charge >= 0.3 is 0 Å². The summed E-state index contributed by atoms with van der Waals surface area (Å²) in [5.41, 5.74) is 2.45. The van der Waals surface area contributed by atoms with Gasteiger partial charge in [-0.05, 0) is 37.3 Å². The Kier molecular flexibility index (Phi) is 5.49. The minimum atomic E-state index is 0.261. The second kappa shape index (κ2) is 7.13. The van der Waals surface area contributed by atoms with Gasteiger partial charge in [0.2, 0.25) is 0 Å². The molecule has 1 aliphatic carbocycles. The highest BCUT2D eigenvalue weighted by atomic mass is 35.5. The zero-order chi connectivity index (χ0) is 12.8. The lowest BCUT2D eigenvalue weighted by molar-refractivity contribution is 0.363. The number of halogens is 1. The molecule has 1 saturated carbocycles. The largest absolute Gasteiger partial charge is 0.261 e. The average Bonchev–Trinajstić information content (AvgIpc) is 2.31. The first kappa shape index (κ1) is 13.9. The van der Waals surface area contributed by atoms with Crippen LogP contribution in [-0.4, -0.2) is 10.4 Å². The first-order chi connectivity index (χ1) is 8.77. The fourth-order valence-electron chi connectivity index (χ4n) is 2.93. The van der Waals surface area contributed by atoms with Gasteiger partial charge in [0.05, 0.1) is 0 Å². The molecule has 1 aromatic heterocycles. The number of rotatable bonds is 3. The molecule has 0 aliphatic heterocycles. The second-order valence-electron chi connectivity index (χ2n) is 5.59. The summed E-state index contributed by atoms with van der Waals surface area (Å²) < 4.78 is 0. The Bertz CT molecular complexity index is 356.